The van der Waals surface area contributed by atoms with Crippen LogP contribution in [-0.2, 0) is 0 Å². The lowest BCUT2D eigenvalue weighted by Gasteiger charge is -2.07. The molecule has 0 spiro atoms. The van der Waals surface area contributed by atoms with Gasteiger partial charge in [-0.3, -0.25) is 0 Å². The van der Waals surface area contributed by atoms with Crippen molar-refractivity contribution in [2.75, 3.05) is 0 Å². The highest BCUT2D eigenvalue weighted by molar-refractivity contribution is 5.92. The highest BCUT2D eigenvalue weighted by Crippen LogP contribution is 2.28. The molecule has 0 saturated carbocycles. The maximum atomic E-state index is 2.28. The van der Waals surface area contributed by atoms with Gasteiger partial charge < -0.3 is 0 Å². The van der Waals surface area contributed by atoms with Gasteiger partial charge in [-0.25, -0.2) is 0 Å². The summed E-state index contributed by atoms with van der Waals surface area (Å²) in [5.74, 6) is 0. The molecule has 0 amide bonds. The van der Waals surface area contributed by atoms with Crippen LogP contribution in [0.25, 0.3) is 32.7 Å². The molecule has 0 aliphatic carbocycles. The van der Waals surface area contributed by atoms with Crippen LogP contribution in [0.1, 0.15) is 5.56 Å². The second-order valence-corrected chi connectivity index (χ2v) is 5.57. The first-order valence-corrected chi connectivity index (χ1v) is 7.30. The van der Waals surface area contributed by atoms with Gasteiger partial charge in [-0.2, -0.15) is 0 Å². The second-order valence-electron chi connectivity index (χ2n) is 5.57. The van der Waals surface area contributed by atoms with Crippen molar-refractivity contribution in [1.82, 2.24) is 0 Å². The minimum Gasteiger partial charge on any atom is -0.0616 e. The quantitative estimate of drug-likeness (QED) is 0.399. The van der Waals surface area contributed by atoms with Crippen molar-refractivity contribution in [1.29, 1.82) is 0 Å². The van der Waals surface area contributed by atoms with Gasteiger partial charge in [-0.05, 0) is 57.3 Å². The highest BCUT2D eigenvalue weighted by Gasteiger charge is 2.02. The number of rotatable bonds is 1. The molecule has 0 unspecified atom stereocenters. The zero-order valence-corrected chi connectivity index (χ0v) is 12.0. The third kappa shape index (κ3) is 2.09. The molecule has 0 aliphatic heterocycles. The summed E-state index contributed by atoms with van der Waals surface area (Å²) >= 11 is 0. The number of hydrogen-bond acceptors (Lipinski definition) is 0. The lowest BCUT2D eigenvalue weighted by molar-refractivity contribution is 1.53. The first-order valence-electron chi connectivity index (χ1n) is 7.30. The van der Waals surface area contributed by atoms with Crippen LogP contribution in [0.4, 0.5) is 0 Å². The number of fused-ring (bicyclic) bond motifs is 2. The molecule has 0 bridgehead atoms. The van der Waals surface area contributed by atoms with Gasteiger partial charge in [0.15, 0.2) is 0 Å². The van der Waals surface area contributed by atoms with E-state index in [1.54, 1.807) is 0 Å². The minimum atomic E-state index is 1.28. The number of aryl methyl sites for hydroxylation is 1. The molecule has 0 heteroatoms. The Morgan fingerprint density at radius 3 is 2.05 bits per heavy atom. The van der Waals surface area contributed by atoms with E-state index in [1.807, 2.05) is 0 Å². The Hall–Kier alpha value is -2.60. The standard InChI is InChI=1S/C21H16/c1-15-5-4-8-20-14-19(11-12-21(15)20)18-10-9-16-6-2-3-7-17(16)13-18/h2-14H,1H3. The Kier molecular flexibility index (Phi) is 2.75. The van der Waals surface area contributed by atoms with Crippen LogP contribution in [0.3, 0.4) is 0 Å². The van der Waals surface area contributed by atoms with Crippen LogP contribution in [-0.4, -0.2) is 0 Å². The fourth-order valence-electron chi connectivity index (χ4n) is 2.99. The molecule has 0 atom stereocenters. The lowest BCUT2D eigenvalue weighted by Crippen LogP contribution is -1.82. The van der Waals surface area contributed by atoms with Crippen molar-refractivity contribution in [2.45, 2.75) is 6.92 Å². The van der Waals surface area contributed by atoms with Gasteiger partial charge in [-0.15, -0.1) is 0 Å². The Bertz CT molecular complexity index is 948. The molecule has 0 saturated heterocycles. The summed E-state index contributed by atoms with van der Waals surface area (Å²) in [7, 11) is 0. The van der Waals surface area contributed by atoms with Gasteiger partial charge in [0.2, 0.25) is 0 Å². The first-order chi connectivity index (χ1) is 10.3. The van der Waals surface area contributed by atoms with Crippen molar-refractivity contribution in [2.24, 2.45) is 0 Å². The summed E-state index contributed by atoms with van der Waals surface area (Å²) in [5, 5.41) is 5.22. The van der Waals surface area contributed by atoms with Gasteiger partial charge in [-0.1, -0.05) is 66.7 Å². The van der Waals surface area contributed by atoms with Gasteiger partial charge in [0, 0.05) is 0 Å². The molecule has 0 fully saturated rings. The van der Waals surface area contributed by atoms with Crippen molar-refractivity contribution in [3.63, 3.8) is 0 Å². The average Bonchev–Trinajstić information content (AvgIpc) is 2.54. The smallest absolute Gasteiger partial charge is 0.0154 e. The van der Waals surface area contributed by atoms with Gasteiger partial charge in [0.1, 0.15) is 0 Å². The monoisotopic (exact) mass is 268 g/mol. The normalized spacial score (nSPS) is 11.1. The SMILES string of the molecule is Cc1cccc2cc(-c3ccc4ccccc4c3)ccc12. The first kappa shape index (κ1) is 12.2. The molecular weight excluding hydrogens is 252 g/mol. The Balaban J connectivity index is 1.91. The Morgan fingerprint density at radius 1 is 0.524 bits per heavy atom. The minimum absolute atomic E-state index is 1.28. The molecule has 0 nitrogen and oxygen atoms in total. The molecule has 0 aliphatic rings. The van der Waals surface area contributed by atoms with Crippen molar-refractivity contribution >= 4 is 21.5 Å². The molecule has 21 heavy (non-hydrogen) atoms. The van der Waals surface area contributed by atoms with E-state index >= 15 is 0 Å². The summed E-state index contributed by atoms with van der Waals surface area (Å²) in [4.78, 5) is 0. The van der Waals surface area contributed by atoms with Crippen LogP contribution in [0.5, 0.6) is 0 Å². The van der Waals surface area contributed by atoms with Crippen LogP contribution < -0.4 is 0 Å². The maximum absolute atomic E-state index is 2.28. The van der Waals surface area contributed by atoms with E-state index in [0.717, 1.165) is 0 Å². The lowest BCUT2D eigenvalue weighted by atomic mass is 9.97. The van der Waals surface area contributed by atoms with E-state index in [2.05, 4.69) is 85.8 Å². The maximum Gasteiger partial charge on any atom is -0.0154 e. The van der Waals surface area contributed by atoms with Crippen LogP contribution in [0, 0.1) is 6.92 Å². The highest BCUT2D eigenvalue weighted by atomic mass is 14.1. The zero-order chi connectivity index (χ0) is 14.2. The summed E-state index contributed by atoms with van der Waals surface area (Å²) in [6.45, 7) is 2.16. The van der Waals surface area contributed by atoms with Crippen LogP contribution in [0.15, 0.2) is 78.9 Å². The van der Waals surface area contributed by atoms with Crippen LogP contribution >= 0.6 is 0 Å². The summed E-state index contributed by atoms with van der Waals surface area (Å²) in [6.07, 6.45) is 0. The molecule has 4 rings (SSSR count). The van der Waals surface area contributed by atoms with Crippen molar-refractivity contribution < 1.29 is 0 Å². The van der Waals surface area contributed by atoms with E-state index in [-0.39, 0.29) is 0 Å². The van der Waals surface area contributed by atoms with E-state index in [1.165, 1.54) is 38.2 Å². The molecule has 0 N–H and O–H groups in total. The number of hydrogen-bond donors (Lipinski definition) is 0. The van der Waals surface area contributed by atoms with E-state index in [4.69, 9.17) is 0 Å². The predicted octanol–water partition coefficient (Wildman–Crippen LogP) is 5.97. The molecule has 4 aromatic rings. The largest absolute Gasteiger partial charge is 0.0616 e. The third-order valence-electron chi connectivity index (χ3n) is 4.18. The average molecular weight is 268 g/mol. The van der Waals surface area contributed by atoms with E-state index in [9.17, 15) is 0 Å². The number of benzene rings is 4. The molecule has 0 heterocycles. The third-order valence-corrected chi connectivity index (χ3v) is 4.18. The van der Waals surface area contributed by atoms with E-state index in [0.29, 0.717) is 0 Å². The second kappa shape index (κ2) is 4.75. The molecule has 0 aromatic heterocycles. The summed E-state index contributed by atoms with van der Waals surface area (Å²) < 4.78 is 0. The van der Waals surface area contributed by atoms with Gasteiger partial charge in [0.25, 0.3) is 0 Å². The van der Waals surface area contributed by atoms with Gasteiger partial charge >= 0.3 is 0 Å². The molecule has 100 valence electrons. The van der Waals surface area contributed by atoms with Crippen LogP contribution in [0.2, 0.25) is 0 Å². The molecule has 4 aromatic carbocycles. The summed E-state index contributed by atoms with van der Waals surface area (Å²) in [6, 6.07) is 28.4. The predicted molar refractivity (Wildman–Crippen MR) is 91.6 cm³/mol. The van der Waals surface area contributed by atoms with Gasteiger partial charge in [0.05, 0.1) is 0 Å². The Labute approximate surface area is 124 Å². The fourth-order valence-corrected chi connectivity index (χ4v) is 2.99. The fraction of sp³-hybridized carbons (Fsp3) is 0.0476. The summed E-state index contributed by atoms with van der Waals surface area (Å²) in [5.41, 5.74) is 3.88. The topological polar surface area (TPSA) is 0 Å². The molecular formula is C21H16. The molecule has 0 radical (unpaired) electrons. The van der Waals surface area contributed by atoms with Crippen molar-refractivity contribution in [3.8, 4) is 11.1 Å². The van der Waals surface area contributed by atoms with E-state index < -0.39 is 0 Å². The Morgan fingerprint density at radius 2 is 1.19 bits per heavy atom. The zero-order valence-electron chi connectivity index (χ0n) is 12.0. The van der Waals surface area contributed by atoms with Crippen molar-refractivity contribution in [3.05, 3.63) is 84.4 Å².